The first kappa shape index (κ1) is 23.6. The fourth-order valence-corrected chi connectivity index (χ4v) is 6.91. The molecule has 1 unspecified atom stereocenters. The fourth-order valence-electron chi connectivity index (χ4n) is 4.21. The van der Waals surface area contributed by atoms with E-state index in [1.54, 1.807) is 26.0 Å². The molecule has 0 saturated carbocycles. The van der Waals surface area contributed by atoms with Gasteiger partial charge in [0.25, 0.3) is 0 Å². The lowest BCUT2D eigenvalue weighted by molar-refractivity contribution is -0.122. The molecule has 0 aliphatic carbocycles. The second-order valence-electron chi connectivity index (χ2n) is 8.19. The minimum Gasteiger partial charge on any atom is -0.343 e. The number of aryl methyl sites for hydroxylation is 1. The Bertz CT molecular complexity index is 1220. The van der Waals surface area contributed by atoms with Crippen molar-refractivity contribution in [3.63, 3.8) is 0 Å². The standard InChI is InChI=1S/C23H27FN4O3S2/c1-16-23(33(30,31)27-12-4-3-5-13-27)17(2)28(26-16)15-21(29)25-22(20-7-6-14-32-20)18-8-10-19(24)11-9-18/h6-11,14,22H,3-5,12-13,15H2,1-2H3,(H,25,29). The van der Waals surface area contributed by atoms with Gasteiger partial charge in [-0.15, -0.1) is 11.3 Å². The lowest BCUT2D eigenvalue weighted by atomic mass is 10.1. The zero-order valence-electron chi connectivity index (χ0n) is 18.6. The first-order valence-corrected chi connectivity index (χ1v) is 13.2. The molecule has 0 spiro atoms. The largest absolute Gasteiger partial charge is 0.343 e. The third kappa shape index (κ3) is 5.02. The predicted molar refractivity (Wildman–Crippen MR) is 125 cm³/mol. The Morgan fingerprint density at radius 1 is 1.15 bits per heavy atom. The molecule has 1 saturated heterocycles. The van der Waals surface area contributed by atoms with Gasteiger partial charge in [0.2, 0.25) is 15.9 Å². The number of carbonyl (C=O) groups is 1. The van der Waals surface area contributed by atoms with Crippen LogP contribution in [0.3, 0.4) is 0 Å². The van der Waals surface area contributed by atoms with Gasteiger partial charge in [0, 0.05) is 18.0 Å². The highest BCUT2D eigenvalue weighted by atomic mass is 32.2. The molecule has 10 heteroatoms. The van der Waals surface area contributed by atoms with E-state index in [0.717, 1.165) is 29.7 Å². The van der Waals surface area contributed by atoms with E-state index < -0.39 is 16.1 Å². The van der Waals surface area contributed by atoms with Gasteiger partial charge < -0.3 is 5.32 Å². The van der Waals surface area contributed by atoms with E-state index in [1.807, 2.05) is 17.5 Å². The molecule has 2 aromatic heterocycles. The van der Waals surface area contributed by atoms with Crippen molar-refractivity contribution in [3.8, 4) is 0 Å². The highest BCUT2D eigenvalue weighted by molar-refractivity contribution is 7.89. The van der Waals surface area contributed by atoms with Crippen molar-refractivity contribution in [2.45, 2.75) is 50.6 Å². The smallest absolute Gasteiger partial charge is 0.246 e. The summed E-state index contributed by atoms with van der Waals surface area (Å²) in [5, 5.41) is 9.27. The molecule has 1 amide bonds. The summed E-state index contributed by atoms with van der Waals surface area (Å²) in [6.45, 7) is 4.23. The lowest BCUT2D eigenvalue weighted by Gasteiger charge is -2.26. The van der Waals surface area contributed by atoms with Crippen molar-refractivity contribution < 1.29 is 17.6 Å². The summed E-state index contributed by atoms with van der Waals surface area (Å²) >= 11 is 1.49. The average Bonchev–Trinajstić information content (AvgIpc) is 3.42. The van der Waals surface area contributed by atoms with Crippen LogP contribution in [-0.2, 0) is 21.4 Å². The zero-order valence-corrected chi connectivity index (χ0v) is 20.3. The number of nitrogens with zero attached hydrogens (tertiary/aromatic N) is 3. The van der Waals surface area contributed by atoms with Crippen LogP contribution in [0.2, 0.25) is 0 Å². The number of hydrogen-bond donors (Lipinski definition) is 1. The Morgan fingerprint density at radius 2 is 1.85 bits per heavy atom. The van der Waals surface area contributed by atoms with E-state index in [0.29, 0.717) is 24.5 Å². The van der Waals surface area contributed by atoms with E-state index in [1.165, 1.54) is 32.5 Å². The second-order valence-corrected chi connectivity index (χ2v) is 11.0. The number of piperidine rings is 1. The molecule has 1 aliphatic heterocycles. The molecule has 1 aromatic carbocycles. The summed E-state index contributed by atoms with van der Waals surface area (Å²) in [4.78, 5) is 14.1. The molecule has 1 aliphatic rings. The SMILES string of the molecule is Cc1nn(CC(=O)NC(c2ccc(F)cc2)c2cccs2)c(C)c1S(=O)(=O)N1CCCCC1. The number of amides is 1. The van der Waals surface area contributed by atoms with Crippen molar-refractivity contribution >= 4 is 27.3 Å². The molecule has 3 aromatic rings. The van der Waals surface area contributed by atoms with Gasteiger partial charge in [-0.2, -0.15) is 9.40 Å². The van der Waals surface area contributed by atoms with Crippen LogP contribution in [0.5, 0.6) is 0 Å². The van der Waals surface area contributed by atoms with Gasteiger partial charge in [-0.3, -0.25) is 9.48 Å². The number of aromatic nitrogens is 2. The summed E-state index contributed by atoms with van der Waals surface area (Å²) in [6.07, 6.45) is 2.73. The van der Waals surface area contributed by atoms with Crippen LogP contribution in [0.1, 0.15) is 47.1 Å². The maximum absolute atomic E-state index is 13.4. The number of carbonyl (C=O) groups excluding carboxylic acids is 1. The van der Waals surface area contributed by atoms with Gasteiger partial charge >= 0.3 is 0 Å². The minimum atomic E-state index is -3.66. The van der Waals surface area contributed by atoms with Crippen molar-refractivity contribution in [2.75, 3.05) is 13.1 Å². The van der Waals surface area contributed by atoms with Crippen LogP contribution in [0.4, 0.5) is 4.39 Å². The molecule has 3 heterocycles. The predicted octanol–water partition coefficient (Wildman–Crippen LogP) is 3.78. The third-order valence-electron chi connectivity index (χ3n) is 5.86. The van der Waals surface area contributed by atoms with E-state index >= 15 is 0 Å². The summed E-state index contributed by atoms with van der Waals surface area (Å²) in [5.41, 5.74) is 1.59. The van der Waals surface area contributed by atoms with Crippen LogP contribution in [0.15, 0.2) is 46.7 Å². The van der Waals surface area contributed by atoms with E-state index in [4.69, 9.17) is 0 Å². The highest BCUT2D eigenvalue weighted by Crippen LogP contribution is 2.28. The molecule has 176 valence electrons. The van der Waals surface area contributed by atoms with Gasteiger partial charge in [0.1, 0.15) is 17.3 Å². The second kappa shape index (κ2) is 9.74. The summed E-state index contributed by atoms with van der Waals surface area (Å²) in [5.74, 6) is -0.662. The zero-order chi connectivity index (χ0) is 23.6. The minimum absolute atomic E-state index is 0.120. The molecule has 1 atom stereocenters. The summed E-state index contributed by atoms with van der Waals surface area (Å²) < 4.78 is 42.8. The van der Waals surface area contributed by atoms with Crippen molar-refractivity contribution in [1.29, 1.82) is 0 Å². The van der Waals surface area contributed by atoms with Gasteiger partial charge in [-0.1, -0.05) is 24.6 Å². The topological polar surface area (TPSA) is 84.3 Å². The normalized spacial score (nSPS) is 16.0. The number of sulfonamides is 1. The van der Waals surface area contributed by atoms with Gasteiger partial charge in [-0.05, 0) is 55.8 Å². The Labute approximate surface area is 197 Å². The molecule has 1 N–H and O–H groups in total. The average molecular weight is 491 g/mol. The van der Waals surface area contributed by atoms with Crippen LogP contribution < -0.4 is 5.32 Å². The van der Waals surface area contributed by atoms with Gasteiger partial charge in [-0.25, -0.2) is 12.8 Å². The van der Waals surface area contributed by atoms with Gasteiger partial charge in [0.05, 0.1) is 17.4 Å². The fraction of sp³-hybridized carbons (Fsp3) is 0.391. The van der Waals surface area contributed by atoms with Crippen LogP contribution in [0.25, 0.3) is 0 Å². The molecular weight excluding hydrogens is 463 g/mol. The molecule has 0 radical (unpaired) electrons. The lowest BCUT2D eigenvalue weighted by Crippen LogP contribution is -2.36. The number of rotatable bonds is 7. The number of benzene rings is 1. The number of nitrogens with one attached hydrogen (secondary N) is 1. The highest BCUT2D eigenvalue weighted by Gasteiger charge is 2.32. The number of thiophene rings is 1. The van der Waals surface area contributed by atoms with Crippen LogP contribution in [0, 0.1) is 19.7 Å². The summed E-state index contributed by atoms with van der Waals surface area (Å²) in [6, 6.07) is 9.38. The Balaban J connectivity index is 1.55. The summed E-state index contributed by atoms with van der Waals surface area (Å²) in [7, 11) is -3.66. The molecule has 4 rings (SSSR count). The third-order valence-corrected chi connectivity index (χ3v) is 8.95. The number of halogens is 1. The molecule has 0 bridgehead atoms. The maximum Gasteiger partial charge on any atom is 0.246 e. The molecule has 1 fully saturated rings. The molecule has 33 heavy (non-hydrogen) atoms. The molecular formula is C23H27FN4O3S2. The van der Waals surface area contributed by atoms with Crippen molar-refractivity contribution in [1.82, 2.24) is 19.4 Å². The maximum atomic E-state index is 13.4. The van der Waals surface area contributed by atoms with Gasteiger partial charge in [0.15, 0.2) is 0 Å². The van der Waals surface area contributed by atoms with Crippen LogP contribution in [-0.4, -0.2) is 41.5 Å². The number of hydrogen-bond acceptors (Lipinski definition) is 5. The van der Waals surface area contributed by atoms with E-state index in [-0.39, 0.29) is 23.2 Å². The Morgan fingerprint density at radius 3 is 2.48 bits per heavy atom. The first-order valence-electron chi connectivity index (χ1n) is 10.9. The monoisotopic (exact) mass is 490 g/mol. The van der Waals surface area contributed by atoms with E-state index in [2.05, 4.69) is 10.4 Å². The molecule has 7 nitrogen and oxygen atoms in total. The van der Waals surface area contributed by atoms with Crippen molar-refractivity contribution in [2.24, 2.45) is 0 Å². The van der Waals surface area contributed by atoms with E-state index in [9.17, 15) is 17.6 Å². The quantitative estimate of drug-likeness (QED) is 0.546. The first-order chi connectivity index (χ1) is 15.8. The Hall–Kier alpha value is -2.56. The Kier molecular flexibility index (Phi) is 6.96. The van der Waals surface area contributed by atoms with Crippen LogP contribution >= 0.6 is 11.3 Å². The van der Waals surface area contributed by atoms with Crippen molar-refractivity contribution in [3.05, 3.63) is 69.4 Å².